The lowest BCUT2D eigenvalue weighted by Gasteiger charge is -2.44. The van der Waals surface area contributed by atoms with Crippen molar-refractivity contribution in [3.63, 3.8) is 0 Å². The number of carboxylic acids is 1. The molecule has 0 spiro atoms. The maximum Gasteiger partial charge on any atom is 0.410 e. The van der Waals surface area contributed by atoms with Gasteiger partial charge in [0, 0.05) is 6.54 Å². The predicted octanol–water partition coefficient (Wildman–Crippen LogP) is 5.04. The first kappa shape index (κ1) is 23.4. The van der Waals surface area contributed by atoms with Crippen LogP contribution in [0.15, 0.2) is 30.3 Å². The molecule has 0 unspecified atom stereocenters. The highest BCUT2D eigenvalue weighted by Crippen LogP contribution is 2.44. The van der Waals surface area contributed by atoms with Crippen molar-refractivity contribution in [2.75, 3.05) is 6.54 Å². The van der Waals surface area contributed by atoms with E-state index in [9.17, 15) is 14.7 Å². The maximum absolute atomic E-state index is 12.6. The second-order valence-electron chi connectivity index (χ2n) is 8.78. The molecule has 1 saturated heterocycles. The van der Waals surface area contributed by atoms with E-state index >= 15 is 0 Å². The third-order valence-corrected chi connectivity index (χ3v) is 12.2. The van der Waals surface area contributed by atoms with E-state index < -0.39 is 32.5 Å². The van der Waals surface area contributed by atoms with E-state index in [0.717, 1.165) is 5.56 Å². The van der Waals surface area contributed by atoms with Crippen LogP contribution in [0.25, 0.3) is 0 Å². The van der Waals surface area contributed by atoms with Gasteiger partial charge in [-0.25, -0.2) is 9.59 Å². The molecule has 1 N–H and O–H groups in total. The molecule has 1 aromatic carbocycles. The van der Waals surface area contributed by atoms with Crippen LogP contribution in [0.4, 0.5) is 4.79 Å². The molecular formula is C22H35NO5Si. The Bertz CT molecular complexity index is 670. The van der Waals surface area contributed by atoms with Gasteiger partial charge in [0.25, 0.3) is 0 Å². The van der Waals surface area contributed by atoms with Gasteiger partial charge in [-0.05, 0) is 28.6 Å². The summed E-state index contributed by atoms with van der Waals surface area (Å²) in [6.45, 7) is 13.5. The van der Waals surface area contributed by atoms with Gasteiger partial charge in [0.2, 0.25) is 8.32 Å². The maximum atomic E-state index is 12.6. The molecule has 0 bridgehead atoms. The number of ether oxygens (including phenoxy) is 1. The van der Waals surface area contributed by atoms with Crippen molar-refractivity contribution >= 4 is 20.4 Å². The average Bonchev–Trinajstić information content (AvgIpc) is 3.08. The van der Waals surface area contributed by atoms with Crippen LogP contribution in [0, 0.1) is 0 Å². The van der Waals surface area contributed by atoms with Crippen molar-refractivity contribution < 1.29 is 23.9 Å². The van der Waals surface area contributed by atoms with Crippen LogP contribution in [-0.2, 0) is 20.6 Å². The van der Waals surface area contributed by atoms with Gasteiger partial charge in [0.15, 0.2) is 6.04 Å². The van der Waals surface area contributed by atoms with Crippen LogP contribution in [0.1, 0.15) is 53.5 Å². The van der Waals surface area contributed by atoms with Gasteiger partial charge in [-0.2, -0.15) is 0 Å². The molecule has 0 radical (unpaired) electrons. The molecule has 1 aliphatic rings. The van der Waals surface area contributed by atoms with Crippen molar-refractivity contribution in [2.45, 2.75) is 83.3 Å². The highest BCUT2D eigenvalue weighted by atomic mass is 28.4. The van der Waals surface area contributed by atoms with E-state index in [0.29, 0.717) is 29.6 Å². The fourth-order valence-corrected chi connectivity index (χ4v) is 10.4. The second-order valence-corrected chi connectivity index (χ2v) is 14.2. The SMILES string of the molecule is CC(C)[Si](O[C@H]1CCN(C(=O)OCc2ccccc2)[C@H]1C(=O)O)(C(C)C)C(C)C. The summed E-state index contributed by atoms with van der Waals surface area (Å²) in [5, 5.41) is 9.89. The van der Waals surface area contributed by atoms with Crippen LogP contribution in [0.5, 0.6) is 0 Å². The van der Waals surface area contributed by atoms with Crippen molar-refractivity contribution in [1.82, 2.24) is 4.90 Å². The lowest BCUT2D eigenvalue weighted by molar-refractivity contribution is -0.144. The Morgan fingerprint density at radius 1 is 1.07 bits per heavy atom. The number of hydrogen-bond donors (Lipinski definition) is 1. The molecule has 6 nitrogen and oxygen atoms in total. The van der Waals surface area contributed by atoms with Crippen molar-refractivity contribution in [2.24, 2.45) is 0 Å². The van der Waals surface area contributed by atoms with Crippen molar-refractivity contribution in [3.8, 4) is 0 Å². The molecule has 0 aromatic heterocycles. The number of nitrogens with zero attached hydrogens (tertiary/aromatic N) is 1. The summed E-state index contributed by atoms with van der Waals surface area (Å²) in [7, 11) is -2.26. The van der Waals surface area contributed by atoms with Crippen LogP contribution in [0.3, 0.4) is 0 Å². The molecule has 1 aromatic rings. The minimum absolute atomic E-state index is 0.122. The minimum Gasteiger partial charge on any atom is -0.480 e. The molecule has 1 fully saturated rings. The molecule has 0 aliphatic carbocycles. The Labute approximate surface area is 175 Å². The molecule has 2 atom stereocenters. The molecule has 2 rings (SSSR count). The van der Waals surface area contributed by atoms with Crippen LogP contribution >= 0.6 is 0 Å². The zero-order valence-electron chi connectivity index (χ0n) is 18.4. The first-order valence-corrected chi connectivity index (χ1v) is 12.6. The summed E-state index contributed by atoms with van der Waals surface area (Å²) in [6.07, 6.45) is -0.591. The van der Waals surface area contributed by atoms with Crippen LogP contribution in [0.2, 0.25) is 16.6 Å². The van der Waals surface area contributed by atoms with Gasteiger partial charge in [-0.15, -0.1) is 0 Å². The molecule has 1 heterocycles. The molecule has 1 aliphatic heterocycles. The first-order valence-electron chi connectivity index (χ1n) is 10.5. The minimum atomic E-state index is -2.26. The van der Waals surface area contributed by atoms with E-state index in [2.05, 4.69) is 41.5 Å². The monoisotopic (exact) mass is 421 g/mol. The number of rotatable bonds is 8. The summed E-state index contributed by atoms with van der Waals surface area (Å²) in [5.41, 5.74) is 1.90. The van der Waals surface area contributed by atoms with E-state index in [1.807, 2.05) is 30.3 Å². The van der Waals surface area contributed by atoms with Gasteiger partial charge in [-0.1, -0.05) is 71.9 Å². The topological polar surface area (TPSA) is 76.1 Å². The lowest BCUT2D eigenvalue weighted by atomic mass is 10.2. The Balaban J connectivity index is 2.16. The number of carboxylic acid groups (broad SMARTS) is 1. The van der Waals surface area contributed by atoms with Crippen LogP contribution in [-0.4, -0.2) is 49.1 Å². The number of likely N-dealkylation sites (tertiary alicyclic amines) is 1. The van der Waals surface area contributed by atoms with Gasteiger partial charge >= 0.3 is 12.1 Å². The van der Waals surface area contributed by atoms with E-state index in [-0.39, 0.29) is 6.61 Å². The standard InChI is InChI=1S/C22H35NO5Si/c1-15(2)29(16(3)4,17(5)6)28-19-12-13-23(20(19)21(24)25)22(26)27-14-18-10-8-7-9-11-18/h7-11,15-17,19-20H,12-14H2,1-6H3,(H,24,25)/t19-,20+/m0/s1. The zero-order valence-corrected chi connectivity index (χ0v) is 19.4. The smallest absolute Gasteiger partial charge is 0.410 e. The van der Waals surface area contributed by atoms with Gasteiger partial charge in [0.1, 0.15) is 6.61 Å². The molecular weight excluding hydrogens is 386 g/mol. The molecule has 162 valence electrons. The summed E-state index contributed by atoms with van der Waals surface area (Å²) in [5.74, 6) is -1.04. The zero-order chi connectivity index (χ0) is 21.8. The normalized spacial score (nSPS) is 20.0. The highest BCUT2D eigenvalue weighted by Gasteiger charge is 2.52. The van der Waals surface area contributed by atoms with Crippen molar-refractivity contribution in [3.05, 3.63) is 35.9 Å². The number of hydrogen-bond acceptors (Lipinski definition) is 4. The summed E-state index contributed by atoms with van der Waals surface area (Å²) >= 11 is 0. The highest BCUT2D eigenvalue weighted by molar-refractivity contribution is 6.77. The van der Waals surface area contributed by atoms with Gasteiger partial charge < -0.3 is 14.3 Å². The lowest BCUT2D eigenvalue weighted by Crippen LogP contribution is -2.54. The third kappa shape index (κ3) is 5.01. The molecule has 1 amide bonds. The number of carbonyl (C=O) groups excluding carboxylic acids is 1. The summed E-state index contributed by atoms with van der Waals surface area (Å²) in [6, 6.07) is 8.36. The fourth-order valence-electron chi connectivity index (χ4n) is 4.86. The van der Waals surface area contributed by atoms with E-state index in [1.54, 1.807) is 0 Å². The Morgan fingerprint density at radius 2 is 1.62 bits per heavy atom. The molecule has 0 saturated carbocycles. The number of aliphatic carboxylic acids is 1. The van der Waals surface area contributed by atoms with Crippen molar-refractivity contribution in [1.29, 1.82) is 0 Å². The summed E-state index contributed by atoms with van der Waals surface area (Å²) in [4.78, 5) is 26.0. The Kier molecular flexibility index (Phi) is 7.88. The largest absolute Gasteiger partial charge is 0.480 e. The fraction of sp³-hybridized carbons (Fsp3) is 0.636. The van der Waals surface area contributed by atoms with Gasteiger partial charge in [0.05, 0.1) is 6.10 Å². The number of benzene rings is 1. The predicted molar refractivity (Wildman–Crippen MR) is 115 cm³/mol. The first-order chi connectivity index (χ1) is 13.6. The third-order valence-electron chi connectivity index (χ3n) is 6.10. The van der Waals surface area contributed by atoms with E-state index in [4.69, 9.17) is 9.16 Å². The number of amides is 1. The van der Waals surface area contributed by atoms with Gasteiger partial charge in [-0.3, -0.25) is 4.90 Å². The number of carbonyl (C=O) groups is 2. The quantitative estimate of drug-likeness (QED) is 0.595. The Hall–Kier alpha value is -1.86. The molecule has 29 heavy (non-hydrogen) atoms. The van der Waals surface area contributed by atoms with E-state index in [1.165, 1.54) is 4.90 Å². The molecule has 7 heteroatoms. The van der Waals surface area contributed by atoms with Crippen LogP contribution < -0.4 is 0 Å². The Morgan fingerprint density at radius 3 is 2.10 bits per heavy atom. The average molecular weight is 422 g/mol. The second kappa shape index (κ2) is 9.76. The summed E-state index contributed by atoms with van der Waals surface area (Å²) < 4.78 is 12.1.